The minimum absolute atomic E-state index is 0.732. The minimum Gasteiger partial charge on any atom is -0.316 e. The minimum atomic E-state index is 0.732. The molecule has 1 N–H and O–H groups in total. The SMILES string of the molecule is Cc1ncsc1CN(Cc1cn2ccccc2n1)C[C@@H]1CCNC1. The molecule has 1 atom stereocenters. The number of aromatic nitrogens is 3. The summed E-state index contributed by atoms with van der Waals surface area (Å²) in [6, 6.07) is 6.14. The number of hydrogen-bond donors (Lipinski definition) is 1. The molecule has 0 spiro atoms. The maximum Gasteiger partial charge on any atom is 0.137 e. The first-order valence-corrected chi connectivity index (χ1v) is 9.40. The topological polar surface area (TPSA) is 45.5 Å². The van der Waals surface area contributed by atoms with Crippen molar-refractivity contribution < 1.29 is 0 Å². The van der Waals surface area contributed by atoms with Crippen LogP contribution in [-0.2, 0) is 13.1 Å². The summed E-state index contributed by atoms with van der Waals surface area (Å²) in [5.74, 6) is 0.732. The number of nitrogens with one attached hydrogen (secondary N) is 1. The van der Waals surface area contributed by atoms with Crippen molar-refractivity contribution in [3.8, 4) is 0 Å². The molecule has 0 radical (unpaired) electrons. The van der Waals surface area contributed by atoms with Crippen LogP contribution in [0.3, 0.4) is 0 Å². The van der Waals surface area contributed by atoms with Crippen molar-refractivity contribution in [3.63, 3.8) is 0 Å². The Bertz CT molecular complexity index is 769. The number of hydrogen-bond acceptors (Lipinski definition) is 5. The van der Waals surface area contributed by atoms with Crippen LogP contribution in [0.25, 0.3) is 5.65 Å². The summed E-state index contributed by atoms with van der Waals surface area (Å²) in [7, 11) is 0. The summed E-state index contributed by atoms with van der Waals surface area (Å²) in [6.45, 7) is 7.33. The predicted octanol–water partition coefficient (Wildman–Crippen LogP) is 2.71. The van der Waals surface area contributed by atoms with Crippen molar-refractivity contribution in [1.82, 2.24) is 24.6 Å². The molecule has 0 aliphatic carbocycles. The van der Waals surface area contributed by atoms with Gasteiger partial charge in [0.25, 0.3) is 0 Å². The number of fused-ring (bicyclic) bond motifs is 1. The second-order valence-corrected chi connectivity index (χ2v) is 7.53. The molecule has 3 aromatic rings. The van der Waals surface area contributed by atoms with E-state index >= 15 is 0 Å². The van der Waals surface area contributed by atoms with Crippen LogP contribution in [0, 0.1) is 12.8 Å². The summed E-state index contributed by atoms with van der Waals surface area (Å²) in [5.41, 5.74) is 5.26. The van der Waals surface area contributed by atoms with Gasteiger partial charge >= 0.3 is 0 Å². The van der Waals surface area contributed by atoms with Gasteiger partial charge in [-0.3, -0.25) is 4.90 Å². The van der Waals surface area contributed by atoms with Gasteiger partial charge in [-0.05, 0) is 44.5 Å². The summed E-state index contributed by atoms with van der Waals surface area (Å²) >= 11 is 1.76. The van der Waals surface area contributed by atoms with Crippen LogP contribution >= 0.6 is 11.3 Å². The lowest BCUT2D eigenvalue weighted by Gasteiger charge is -2.24. The molecule has 0 saturated carbocycles. The Balaban J connectivity index is 1.52. The fourth-order valence-corrected chi connectivity index (χ4v) is 4.21. The Morgan fingerprint density at radius 1 is 1.38 bits per heavy atom. The molecule has 0 unspecified atom stereocenters. The number of aryl methyl sites for hydroxylation is 1. The van der Waals surface area contributed by atoms with E-state index in [1.165, 1.54) is 11.3 Å². The van der Waals surface area contributed by atoms with E-state index in [-0.39, 0.29) is 0 Å². The number of nitrogens with zero attached hydrogens (tertiary/aromatic N) is 4. The van der Waals surface area contributed by atoms with Crippen LogP contribution in [0.5, 0.6) is 0 Å². The van der Waals surface area contributed by atoms with Crippen molar-refractivity contribution in [3.05, 3.63) is 52.4 Å². The second-order valence-electron chi connectivity index (χ2n) is 6.59. The Hall–Kier alpha value is -1.76. The van der Waals surface area contributed by atoms with Crippen LogP contribution in [0.4, 0.5) is 0 Å². The van der Waals surface area contributed by atoms with E-state index in [0.717, 1.165) is 55.7 Å². The fraction of sp³-hybridized carbons (Fsp3) is 0.444. The molecular weight excluding hydrogens is 318 g/mol. The highest BCUT2D eigenvalue weighted by molar-refractivity contribution is 7.09. The van der Waals surface area contributed by atoms with Gasteiger partial charge in [0.05, 0.1) is 16.9 Å². The Labute approximate surface area is 146 Å². The second kappa shape index (κ2) is 7.01. The molecule has 4 heterocycles. The van der Waals surface area contributed by atoms with Gasteiger partial charge in [0.2, 0.25) is 0 Å². The van der Waals surface area contributed by atoms with Crippen LogP contribution in [-0.4, -0.2) is 38.9 Å². The van der Waals surface area contributed by atoms with E-state index in [1.54, 1.807) is 11.3 Å². The standard InChI is InChI=1S/C18H23N5S/c1-14-17(24-13-20-14)12-22(9-15-5-6-19-8-15)10-16-11-23-7-3-2-4-18(23)21-16/h2-4,7,11,13,15,19H,5-6,8-10,12H2,1H3/t15-/m1/s1. The lowest BCUT2D eigenvalue weighted by molar-refractivity contribution is 0.220. The van der Waals surface area contributed by atoms with Crippen molar-refractivity contribution >= 4 is 17.0 Å². The number of thiazole rings is 1. The fourth-order valence-electron chi connectivity index (χ4n) is 3.39. The van der Waals surface area contributed by atoms with E-state index in [0.29, 0.717) is 0 Å². The molecule has 3 aromatic heterocycles. The van der Waals surface area contributed by atoms with Gasteiger partial charge in [0, 0.05) is 36.9 Å². The van der Waals surface area contributed by atoms with Crippen molar-refractivity contribution in [1.29, 1.82) is 0 Å². The number of rotatable bonds is 6. The molecule has 0 aromatic carbocycles. The largest absolute Gasteiger partial charge is 0.316 e. The van der Waals surface area contributed by atoms with Gasteiger partial charge in [-0.15, -0.1) is 11.3 Å². The highest BCUT2D eigenvalue weighted by Gasteiger charge is 2.20. The zero-order valence-corrected chi connectivity index (χ0v) is 14.8. The maximum atomic E-state index is 4.77. The molecule has 126 valence electrons. The van der Waals surface area contributed by atoms with Crippen molar-refractivity contribution in [2.24, 2.45) is 5.92 Å². The Morgan fingerprint density at radius 3 is 3.08 bits per heavy atom. The van der Waals surface area contributed by atoms with Gasteiger partial charge in [0.15, 0.2) is 0 Å². The smallest absolute Gasteiger partial charge is 0.137 e. The molecule has 5 nitrogen and oxygen atoms in total. The van der Waals surface area contributed by atoms with Crippen LogP contribution < -0.4 is 5.32 Å². The van der Waals surface area contributed by atoms with E-state index in [9.17, 15) is 0 Å². The molecule has 6 heteroatoms. The van der Waals surface area contributed by atoms with E-state index in [1.807, 2.05) is 17.6 Å². The third-order valence-electron chi connectivity index (χ3n) is 4.69. The van der Waals surface area contributed by atoms with Gasteiger partial charge in [-0.25, -0.2) is 9.97 Å². The van der Waals surface area contributed by atoms with Gasteiger partial charge < -0.3 is 9.72 Å². The first-order valence-electron chi connectivity index (χ1n) is 8.52. The van der Waals surface area contributed by atoms with Gasteiger partial charge in [0.1, 0.15) is 5.65 Å². The normalized spacial score (nSPS) is 18.0. The lowest BCUT2D eigenvalue weighted by atomic mass is 10.1. The third-order valence-corrected chi connectivity index (χ3v) is 5.61. The summed E-state index contributed by atoms with van der Waals surface area (Å²) in [4.78, 5) is 13.1. The molecule has 1 aliphatic heterocycles. The third kappa shape index (κ3) is 3.50. The Kier molecular flexibility index (Phi) is 4.60. The van der Waals surface area contributed by atoms with Crippen LogP contribution in [0.2, 0.25) is 0 Å². The molecular formula is C18H23N5S. The number of imidazole rings is 1. The molecule has 24 heavy (non-hydrogen) atoms. The predicted molar refractivity (Wildman–Crippen MR) is 97.1 cm³/mol. The maximum absolute atomic E-state index is 4.77. The molecule has 1 saturated heterocycles. The molecule has 4 rings (SSSR count). The van der Waals surface area contributed by atoms with Gasteiger partial charge in [-0.1, -0.05) is 6.07 Å². The zero-order valence-electron chi connectivity index (χ0n) is 14.0. The molecule has 0 bridgehead atoms. The summed E-state index contributed by atoms with van der Waals surface area (Å²) in [6.07, 6.45) is 5.47. The first-order chi connectivity index (χ1) is 11.8. The van der Waals surface area contributed by atoms with Crippen LogP contribution in [0.15, 0.2) is 36.1 Å². The van der Waals surface area contributed by atoms with E-state index < -0.39 is 0 Å². The average Bonchev–Trinajstić information content (AvgIpc) is 3.29. The summed E-state index contributed by atoms with van der Waals surface area (Å²) < 4.78 is 2.10. The molecule has 1 fully saturated rings. The number of pyridine rings is 1. The highest BCUT2D eigenvalue weighted by atomic mass is 32.1. The molecule has 0 amide bonds. The van der Waals surface area contributed by atoms with Crippen molar-refractivity contribution in [2.45, 2.75) is 26.4 Å². The lowest BCUT2D eigenvalue weighted by Crippen LogP contribution is -2.30. The van der Waals surface area contributed by atoms with Crippen LogP contribution in [0.1, 0.15) is 22.7 Å². The summed E-state index contributed by atoms with van der Waals surface area (Å²) in [5, 5.41) is 3.48. The average molecular weight is 341 g/mol. The zero-order chi connectivity index (χ0) is 16.4. The van der Waals surface area contributed by atoms with E-state index in [2.05, 4.69) is 45.0 Å². The van der Waals surface area contributed by atoms with Gasteiger partial charge in [-0.2, -0.15) is 0 Å². The van der Waals surface area contributed by atoms with Crippen molar-refractivity contribution in [2.75, 3.05) is 19.6 Å². The quantitative estimate of drug-likeness (QED) is 0.749. The monoisotopic (exact) mass is 341 g/mol. The first kappa shape index (κ1) is 15.7. The highest BCUT2D eigenvalue weighted by Crippen LogP contribution is 2.20. The Morgan fingerprint density at radius 2 is 2.33 bits per heavy atom. The molecule has 1 aliphatic rings. The van der Waals surface area contributed by atoms with E-state index in [4.69, 9.17) is 4.98 Å².